The summed E-state index contributed by atoms with van der Waals surface area (Å²) in [5, 5.41) is 4.74. The Morgan fingerprint density at radius 2 is 2.30 bits per heavy atom. The molecule has 0 aliphatic rings. The van der Waals surface area contributed by atoms with Crippen LogP contribution in [-0.4, -0.2) is 15.9 Å². The molecule has 1 amide bonds. The van der Waals surface area contributed by atoms with Crippen LogP contribution in [0.15, 0.2) is 52.7 Å². The molecular formula is C14H11N3O2S. The minimum atomic E-state index is -0.182. The summed E-state index contributed by atoms with van der Waals surface area (Å²) in [7, 11) is 0. The van der Waals surface area contributed by atoms with Gasteiger partial charge < -0.3 is 9.73 Å². The van der Waals surface area contributed by atoms with Crippen molar-refractivity contribution in [2.45, 2.75) is 6.54 Å². The van der Waals surface area contributed by atoms with Crippen molar-refractivity contribution in [1.29, 1.82) is 0 Å². The summed E-state index contributed by atoms with van der Waals surface area (Å²) in [5.41, 5.74) is 1.21. The summed E-state index contributed by atoms with van der Waals surface area (Å²) in [6.45, 7) is 0.322. The molecule has 3 aromatic heterocycles. The molecule has 0 aromatic carbocycles. The van der Waals surface area contributed by atoms with Crippen LogP contribution >= 0.6 is 11.3 Å². The van der Waals surface area contributed by atoms with Crippen molar-refractivity contribution in [1.82, 2.24) is 15.3 Å². The van der Waals surface area contributed by atoms with Gasteiger partial charge in [-0.2, -0.15) is 0 Å². The number of amides is 1. The van der Waals surface area contributed by atoms with E-state index in [1.54, 1.807) is 35.9 Å². The SMILES string of the molecule is O=C(NCc1coc(-c2cccs2)n1)c1cccnc1. The lowest BCUT2D eigenvalue weighted by molar-refractivity contribution is 0.0950. The number of rotatable bonds is 4. The first kappa shape index (κ1) is 12.6. The maximum atomic E-state index is 11.8. The zero-order chi connectivity index (χ0) is 13.8. The van der Waals surface area contributed by atoms with E-state index in [2.05, 4.69) is 15.3 Å². The van der Waals surface area contributed by atoms with Crippen molar-refractivity contribution in [3.63, 3.8) is 0 Å². The van der Waals surface area contributed by atoms with E-state index in [-0.39, 0.29) is 5.91 Å². The molecule has 3 rings (SSSR count). The minimum Gasteiger partial charge on any atom is -0.443 e. The van der Waals surface area contributed by atoms with E-state index in [4.69, 9.17) is 4.42 Å². The number of carbonyl (C=O) groups is 1. The third-order valence-electron chi connectivity index (χ3n) is 2.64. The van der Waals surface area contributed by atoms with Gasteiger partial charge in [0, 0.05) is 12.4 Å². The predicted octanol–water partition coefficient (Wildman–Crippen LogP) is 2.73. The van der Waals surface area contributed by atoms with Crippen molar-refractivity contribution in [2.75, 3.05) is 0 Å². The van der Waals surface area contributed by atoms with Crippen molar-refractivity contribution in [2.24, 2.45) is 0 Å². The third-order valence-corrected chi connectivity index (χ3v) is 3.50. The average molecular weight is 285 g/mol. The quantitative estimate of drug-likeness (QED) is 0.800. The highest BCUT2D eigenvalue weighted by atomic mass is 32.1. The number of aromatic nitrogens is 2. The lowest BCUT2D eigenvalue weighted by atomic mass is 10.2. The molecule has 0 fully saturated rings. The molecule has 1 N–H and O–H groups in total. The zero-order valence-electron chi connectivity index (χ0n) is 10.4. The number of carbonyl (C=O) groups excluding carboxylic acids is 1. The van der Waals surface area contributed by atoms with Crippen molar-refractivity contribution < 1.29 is 9.21 Å². The summed E-state index contributed by atoms with van der Waals surface area (Å²) in [5.74, 6) is 0.393. The Morgan fingerprint density at radius 1 is 1.35 bits per heavy atom. The molecule has 0 radical (unpaired) electrons. The van der Waals surface area contributed by atoms with E-state index in [1.807, 2.05) is 17.5 Å². The van der Waals surface area contributed by atoms with Gasteiger partial charge in [0.25, 0.3) is 5.91 Å². The van der Waals surface area contributed by atoms with E-state index in [0.29, 0.717) is 23.7 Å². The Morgan fingerprint density at radius 3 is 3.05 bits per heavy atom. The first-order valence-electron chi connectivity index (χ1n) is 5.99. The van der Waals surface area contributed by atoms with Gasteiger partial charge in [0.2, 0.25) is 5.89 Å². The smallest absolute Gasteiger partial charge is 0.253 e. The largest absolute Gasteiger partial charge is 0.443 e. The van der Waals surface area contributed by atoms with Crippen LogP contribution in [0, 0.1) is 0 Å². The molecule has 0 atom stereocenters. The lowest BCUT2D eigenvalue weighted by Crippen LogP contribution is -2.22. The van der Waals surface area contributed by atoms with Gasteiger partial charge in [0.1, 0.15) is 6.26 Å². The average Bonchev–Trinajstić information content (AvgIpc) is 3.16. The summed E-state index contributed by atoms with van der Waals surface area (Å²) >= 11 is 1.56. The third kappa shape index (κ3) is 2.75. The topological polar surface area (TPSA) is 68.0 Å². The Bertz CT molecular complexity index is 692. The summed E-state index contributed by atoms with van der Waals surface area (Å²) in [4.78, 5) is 21.1. The van der Waals surface area contributed by atoms with Crippen LogP contribution in [0.4, 0.5) is 0 Å². The van der Waals surface area contributed by atoms with E-state index in [9.17, 15) is 4.79 Å². The molecule has 0 spiro atoms. The number of pyridine rings is 1. The van der Waals surface area contributed by atoms with E-state index in [0.717, 1.165) is 4.88 Å². The second-order valence-electron chi connectivity index (χ2n) is 4.05. The van der Waals surface area contributed by atoms with Gasteiger partial charge in [0.05, 0.1) is 22.7 Å². The molecule has 3 aromatic rings. The number of nitrogens with one attached hydrogen (secondary N) is 1. The number of oxazole rings is 1. The molecule has 0 aliphatic heterocycles. The molecule has 20 heavy (non-hydrogen) atoms. The van der Waals surface area contributed by atoms with Crippen LogP contribution in [0.25, 0.3) is 10.8 Å². The fraction of sp³-hybridized carbons (Fsp3) is 0.0714. The number of hydrogen-bond acceptors (Lipinski definition) is 5. The molecule has 0 bridgehead atoms. The van der Waals surface area contributed by atoms with E-state index < -0.39 is 0 Å². The van der Waals surface area contributed by atoms with Crippen LogP contribution in [0.3, 0.4) is 0 Å². The van der Waals surface area contributed by atoms with Gasteiger partial charge in [0.15, 0.2) is 0 Å². The standard InChI is InChI=1S/C14H11N3O2S/c18-13(10-3-1-5-15-7-10)16-8-11-9-19-14(17-11)12-4-2-6-20-12/h1-7,9H,8H2,(H,16,18). The van der Waals surface area contributed by atoms with Crippen molar-refractivity contribution in [3.8, 4) is 10.8 Å². The highest BCUT2D eigenvalue weighted by Crippen LogP contribution is 2.23. The zero-order valence-corrected chi connectivity index (χ0v) is 11.3. The van der Waals surface area contributed by atoms with Crippen LogP contribution in [0.1, 0.15) is 16.1 Å². The Hall–Kier alpha value is -2.47. The molecule has 0 unspecified atom stereocenters. The fourth-order valence-corrected chi connectivity index (χ4v) is 2.33. The van der Waals surface area contributed by atoms with Gasteiger partial charge >= 0.3 is 0 Å². The Labute approximate surface area is 119 Å². The fourth-order valence-electron chi connectivity index (χ4n) is 1.67. The highest BCUT2D eigenvalue weighted by Gasteiger charge is 2.09. The molecule has 0 saturated carbocycles. The lowest BCUT2D eigenvalue weighted by Gasteiger charge is -2.01. The molecule has 3 heterocycles. The number of nitrogens with zero attached hydrogens (tertiary/aromatic N) is 2. The van der Waals surface area contributed by atoms with E-state index >= 15 is 0 Å². The Balaban J connectivity index is 1.63. The summed E-state index contributed by atoms with van der Waals surface area (Å²) in [6.07, 6.45) is 4.70. The molecule has 100 valence electrons. The summed E-state index contributed by atoms with van der Waals surface area (Å²) < 4.78 is 5.38. The van der Waals surface area contributed by atoms with Crippen molar-refractivity contribution in [3.05, 3.63) is 59.6 Å². The molecule has 0 saturated heterocycles. The second-order valence-corrected chi connectivity index (χ2v) is 4.99. The van der Waals surface area contributed by atoms with Crippen LogP contribution in [-0.2, 0) is 6.54 Å². The van der Waals surface area contributed by atoms with E-state index in [1.165, 1.54) is 6.20 Å². The first-order valence-corrected chi connectivity index (χ1v) is 6.87. The maximum absolute atomic E-state index is 11.8. The van der Waals surface area contributed by atoms with Crippen LogP contribution in [0.2, 0.25) is 0 Å². The van der Waals surface area contributed by atoms with Gasteiger partial charge in [-0.25, -0.2) is 4.98 Å². The second kappa shape index (κ2) is 5.66. The van der Waals surface area contributed by atoms with Crippen LogP contribution < -0.4 is 5.32 Å². The highest BCUT2D eigenvalue weighted by molar-refractivity contribution is 7.13. The maximum Gasteiger partial charge on any atom is 0.253 e. The molecule has 0 aliphatic carbocycles. The van der Waals surface area contributed by atoms with Gasteiger partial charge in [-0.3, -0.25) is 9.78 Å². The van der Waals surface area contributed by atoms with Crippen LogP contribution in [0.5, 0.6) is 0 Å². The van der Waals surface area contributed by atoms with Gasteiger partial charge in [-0.1, -0.05) is 6.07 Å². The normalized spacial score (nSPS) is 10.4. The molecule has 6 heteroatoms. The monoisotopic (exact) mass is 285 g/mol. The predicted molar refractivity (Wildman–Crippen MR) is 75.2 cm³/mol. The van der Waals surface area contributed by atoms with Gasteiger partial charge in [-0.15, -0.1) is 11.3 Å². The van der Waals surface area contributed by atoms with Gasteiger partial charge in [-0.05, 0) is 23.6 Å². The number of thiophene rings is 1. The van der Waals surface area contributed by atoms with Crippen molar-refractivity contribution >= 4 is 17.2 Å². The molecule has 5 nitrogen and oxygen atoms in total. The number of hydrogen-bond donors (Lipinski definition) is 1. The Kier molecular flexibility index (Phi) is 3.56. The summed E-state index contributed by atoms with van der Waals surface area (Å²) in [6, 6.07) is 7.31. The minimum absolute atomic E-state index is 0.182. The first-order chi connectivity index (χ1) is 9.83. The molecular weight excluding hydrogens is 274 g/mol.